The highest BCUT2D eigenvalue weighted by Gasteiger charge is 2.72. The summed E-state index contributed by atoms with van der Waals surface area (Å²) < 4.78 is 21.7. The van der Waals surface area contributed by atoms with E-state index in [1.54, 1.807) is 6.92 Å². The van der Waals surface area contributed by atoms with Crippen molar-refractivity contribution < 1.29 is 38.1 Å². The molecule has 0 radical (unpaired) electrons. The van der Waals surface area contributed by atoms with Crippen molar-refractivity contribution in [2.45, 2.75) is 132 Å². The Bertz CT molecular complexity index is 1270. The molecule has 0 bridgehead atoms. The minimum Gasteiger partial charge on any atom is -0.466 e. The van der Waals surface area contributed by atoms with E-state index in [9.17, 15) is 19.2 Å². The topological polar surface area (TPSA) is 105 Å². The Morgan fingerprint density at radius 3 is 2.15 bits per heavy atom. The molecule has 8 heteroatoms. The first kappa shape index (κ1) is 34.9. The normalized spacial score (nSPS) is 43.0. The molecule has 0 aliphatic heterocycles. The van der Waals surface area contributed by atoms with E-state index in [2.05, 4.69) is 48.1 Å². The molecule has 0 heterocycles. The van der Waals surface area contributed by atoms with Gasteiger partial charge < -0.3 is 18.9 Å². The molecular formula is C38H58O8. The van der Waals surface area contributed by atoms with Gasteiger partial charge in [-0.2, -0.15) is 0 Å². The molecule has 0 aromatic heterocycles. The predicted molar refractivity (Wildman–Crippen MR) is 173 cm³/mol. The zero-order valence-electron chi connectivity index (χ0n) is 29.8. The SMILES string of the molecule is C=C(C)[C@@H]1CCC2(C(=O)OCC(=O)OC)CC[C@]3(C)[C@H](CC[C@@H]4[C@@]5(C)CC[C@H](OC(=O)C(C)OC(C)=O)C(C)(C)[C@@H]5CC[C@]43C)[C@@H]12. The molecule has 0 aromatic rings. The van der Waals surface area contributed by atoms with Crippen LogP contribution in [0.25, 0.3) is 0 Å². The van der Waals surface area contributed by atoms with Crippen LogP contribution in [0.1, 0.15) is 120 Å². The number of carbonyl (C=O) groups excluding carboxylic acids is 4. The molecule has 0 amide bonds. The van der Waals surface area contributed by atoms with E-state index in [1.165, 1.54) is 14.0 Å². The van der Waals surface area contributed by atoms with Crippen molar-refractivity contribution in [2.24, 2.45) is 56.7 Å². The molecule has 5 fully saturated rings. The average molecular weight is 643 g/mol. The van der Waals surface area contributed by atoms with Gasteiger partial charge in [0.25, 0.3) is 0 Å². The van der Waals surface area contributed by atoms with Gasteiger partial charge in [-0.3, -0.25) is 9.59 Å². The van der Waals surface area contributed by atoms with Crippen molar-refractivity contribution in [3.05, 3.63) is 12.2 Å². The molecule has 11 atom stereocenters. The van der Waals surface area contributed by atoms with Crippen LogP contribution in [0.2, 0.25) is 0 Å². The van der Waals surface area contributed by atoms with Crippen molar-refractivity contribution in [1.82, 2.24) is 0 Å². The molecule has 5 aliphatic rings. The fourth-order valence-electron chi connectivity index (χ4n) is 12.5. The van der Waals surface area contributed by atoms with Gasteiger partial charge in [-0.05, 0) is 124 Å². The van der Waals surface area contributed by atoms with Gasteiger partial charge in [0.15, 0.2) is 12.7 Å². The summed E-state index contributed by atoms with van der Waals surface area (Å²) in [6.07, 6.45) is 8.45. The Morgan fingerprint density at radius 2 is 1.52 bits per heavy atom. The summed E-state index contributed by atoms with van der Waals surface area (Å²) in [5, 5.41) is 0. The molecule has 0 aromatic carbocycles. The predicted octanol–water partition coefficient (Wildman–Crippen LogP) is 7.22. The van der Waals surface area contributed by atoms with Crippen LogP contribution < -0.4 is 0 Å². The van der Waals surface area contributed by atoms with Crippen LogP contribution >= 0.6 is 0 Å². The van der Waals surface area contributed by atoms with E-state index in [4.69, 9.17) is 18.9 Å². The van der Waals surface area contributed by atoms with Gasteiger partial charge in [-0.15, -0.1) is 0 Å². The van der Waals surface area contributed by atoms with Crippen molar-refractivity contribution in [1.29, 1.82) is 0 Å². The van der Waals surface area contributed by atoms with Crippen LogP contribution in [-0.2, 0) is 38.1 Å². The third kappa shape index (κ3) is 5.14. The van der Waals surface area contributed by atoms with Gasteiger partial charge in [0, 0.05) is 12.3 Å². The second-order valence-corrected chi connectivity index (χ2v) is 17.0. The van der Waals surface area contributed by atoms with Crippen molar-refractivity contribution in [3.8, 4) is 0 Å². The summed E-state index contributed by atoms with van der Waals surface area (Å²) in [7, 11) is 1.32. The lowest BCUT2D eigenvalue weighted by Crippen LogP contribution is -2.67. The molecule has 0 saturated heterocycles. The lowest BCUT2D eigenvalue weighted by molar-refractivity contribution is -0.251. The van der Waals surface area contributed by atoms with Crippen LogP contribution in [0.5, 0.6) is 0 Å². The van der Waals surface area contributed by atoms with Crippen LogP contribution in [0.4, 0.5) is 0 Å². The minimum atomic E-state index is -0.915. The van der Waals surface area contributed by atoms with Gasteiger partial charge in [-0.1, -0.05) is 46.8 Å². The van der Waals surface area contributed by atoms with Crippen LogP contribution in [-0.4, -0.2) is 49.8 Å². The van der Waals surface area contributed by atoms with Gasteiger partial charge in [0.05, 0.1) is 12.5 Å². The summed E-state index contributed by atoms with van der Waals surface area (Å²) in [6.45, 7) is 21.2. The highest BCUT2D eigenvalue weighted by Crippen LogP contribution is 2.77. The zero-order valence-corrected chi connectivity index (χ0v) is 29.8. The molecule has 5 aliphatic carbocycles. The molecule has 0 spiro atoms. The molecule has 8 nitrogen and oxygen atoms in total. The molecule has 5 rings (SSSR count). The van der Waals surface area contributed by atoms with Crippen molar-refractivity contribution >= 4 is 23.9 Å². The summed E-state index contributed by atoms with van der Waals surface area (Å²) in [5.41, 5.74) is 0.572. The molecular weight excluding hydrogens is 584 g/mol. The molecule has 0 N–H and O–H groups in total. The average Bonchev–Trinajstić information content (AvgIpc) is 3.38. The van der Waals surface area contributed by atoms with Crippen LogP contribution in [0.3, 0.4) is 0 Å². The van der Waals surface area contributed by atoms with Gasteiger partial charge in [0.2, 0.25) is 0 Å². The highest BCUT2D eigenvalue weighted by atomic mass is 16.6. The number of fused-ring (bicyclic) bond motifs is 7. The Labute approximate surface area is 276 Å². The molecule has 2 unspecified atom stereocenters. The van der Waals surface area contributed by atoms with E-state index in [-0.39, 0.29) is 52.2 Å². The van der Waals surface area contributed by atoms with Gasteiger partial charge in [-0.25, -0.2) is 9.59 Å². The third-order valence-electron chi connectivity index (χ3n) is 14.9. The number of rotatable bonds is 7. The lowest BCUT2D eigenvalue weighted by atomic mass is 9.32. The number of ether oxygens (including phenoxy) is 4. The maximum atomic E-state index is 13.9. The first-order valence-corrected chi connectivity index (χ1v) is 17.7. The fourth-order valence-corrected chi connectivity index (χ4v) is 12.5. The maximum absolute atomic E-state index is 13.9. The summed E-state index contributed by atoms with van der Waals surface area (Å²) in [6, 6.07) is 0. The van der Waals surface area contributed by atoms with Crippen LogP contribution in [0.15, 0.2) is 12.2 Å². The first-order valence-electron chi connectivity index (χ1n) is 17.7. The third-order valence-corrected chi connectivity index (χ3v) is 14.9. The van der Waals surface area contributed by atoms with E-state index in [0.29, 0.717) is 17.8 Å². The van der Waals surface area contributed by atoms with E-state index < -0.39 is 29.4 Å². The van der Waals surface area contributed by atoms with E-state index >= 15 is 0 Å². The fraction of sp³-hybridized carbons (Fsp3) is 0.842. The largest absolute Gasteiger partial charge is 0.466 e. The molecule has 258 valence electrons. The Kier molecular flexibility index (Phi) is 9.07. The molecule has 5 saturated carbocycles. The Morgan fingerprint density at radius 1 is 0.826 bits per heavy atom. The number of hydrogen-bond acceptors (Lipinski definition) is 8. The summed E-state index contributed by atoms with van der Waals surface area (Å²) >= 11 is 0. The van der Waals surface area contributed by atoms with Crippen molar-refractivity contribution in [2.75, 3.05) is 13.7 Å². The monoisotopic (exact) mass is 642 g/mol. The van der Waals surface area contributed by atoms with Gasteiger partial charge in [0.1, 0.15) is 6.10 Å². The van der Waals surface area contributed by atoms with E-state index in [0.717, 1.165) is 69.8 Å². The maximum Gasteiger partial charge on any atom is 0.347 e. The second kappa shape index (κ2) is 11.9. The number of carbonyl (C=O) groups is 4. The summed E-state index contributed by atoms with van der Waals surface area (Å²) in [5.74, 6) is -0.0194. The lowest BCUT2D eigenvalue weighted by Gasteiger charge is -2.72. The number of allylic oxidation sites excluding steroid dienone is 1. The quantitative estimate of drug-likeness (QED) is 0.163. The minimum absolute atomic E-state index is 0.0473. The Hall–Kier alpha value is -2.38. The van der Waals surface area contributed by atoms with E-state index in [1.807, 2.05) is 0 Å². The van der Waals surface area contributed by atoms with Crippen LogP contribution in [0, 0.1) is 56.7 Å². The smallest absolute Gasteiger partial charge is 0.347 e. The molecule has 46 heavy (non-hydrogen) atoms. The Balaban J connectivity index is 1.42. The summed E-state index contributed by atoms with van der Waals surface area (Å²) in [4.78, 5) is 50.2. The number of methoxy groups -OCH3 is 1. The standard InChI is InChI=1S/C38H58O8/c1-22(2)25-13-18-38(33(42)44-21-30(40)43-10)20-19-36(8)26(31(25)38)11-12-28-35(7)16-15-29(46-32(41)23(3)45-24(4)39)34(5,6)27(35)14-17-37(28,36)9/h23,25-29,31H,1,11-21H2,2-10H3/t23?,25-,26+,27-,28+,29-,31+,35-,36+,37+,38?/m0/s1. The first-order chi connectivity index (χ1) is 21.4. The highest BCUT2D eigenvalue weighted by molar-refractivity contribution is 5.81. The number of hydrogen-bond donors (Lipinski definition) is 0. The number of esters is 4. The van der Waals surface area contributed by atoms with Crippen molar-refractivity contribution in [3.63, 3.8) is 0 Å². The second-order valence-electron chi connectivity index (χ2n) is 17.0. The zero-order chi connectivity index (χ0) is 34.0. The van der Waals surface area contributed by atoms with Gasteiger partial charge >= 0.3 is 23.9 Å².